The number of nitrogens with one attached hydrogen (secondary N) is 2. The van der Waals surface area contributed by atoms with Gasteiger partial charge in [0.1, 0.15) is 11.6 Å². The zero-order chi connectivity index (χ0) is 16.4. The molecule has 1 fully saturated rings. The Bertz CT molecular complexity index is 801. The van der Waals surface area contributed by atoms with Gasteiger partial charge in [-0.05, 0) is 12.1 Å². The van der Waals surface area contributed by atoms with Gasteiger partial charge in [0.05, 0.1) is 37.5 Å². The average Bonchev–Trinajstić information content (AvgIpc) is 3.27. The second-order valence-corrected chi connectivity index (χ2v) is 5.83. The van der Waals surface area contributed by atoms with E-state index in [1.807, 2.05) is 12.3 Å². The molecule has 3 aromatic rings. The molecule has 124 valence electrons. The summed E-state index contributed by atoms with van der Waals surface area (Å²) in [5, 5.41) is 0. The van der Waals surface area contributed by atoms with Gasteiger partial charge in [-0.1, -0.05) is 12.1 Å². The first-order valence-electron chi connectivity index (χ1n) is 7.89. The largest absolute Gasteiger partial charge is 0.378 e. The Morgan fingerprint density at radius 2 is 2.29 bits per heavy atom. The number of halogens is 1. The molecular weight excluding hydrogens is 309 g/mol. The summed E-state index contributed by atoms with van der Waals surface area (Å²) < 4.78 is 19.0. The molecule has 0 radical (unpaired) electrons. The van der Waals surface area contributed by atoms with Gasteiger partial charge in [-0.3, -0.25) is 4.90 Å². The number of rotatable bonds is 4. The number of benzene rings is 1. The minimum Gasteiger partial charge on any atom is -0.378 e. The summed E-state index contributed by atoms with van der Waals surface area (Å²) in [4.78, 5) is 17.3. The Hall–Kier alpha value is -2.51. The van der Waals surface area contributed by atoms with Gasteiger partial charge in [-0.15, -0.1) is 0 Å². The molecule has 1 aliphatic heterocycles. The molecule has 1 saturated heterocycles. The van der Waals surface area contributed by atoms with Crippen LogP contribution in [-0.4, -0.2) is 44.6 Å². The minimum absolute atomic E-state index is 0.0318. The van der Waals surface area contributed by atoms with Gasteiger partial charge in [0.15, 0.2) is 0 Å². The number of H-pyrrole nitrogens is 2. The predicted molar refractivity (Wildman–Crippen MR) is 86.5 cm³/mol. The van der Waals surface area contributed by atoms with E-state index in [0.29, 0.717) is 13.2 Å². The Morgan fingerprint density at radius 3 is 3.12 bits per heavy atom. The number of hydrogen-bond acceptors (Lipinski definition) is 4. The van der Waals surface area contributed by atoms with Gasteiger partial charge < -0.3 is 14.7 Å². The third kappa shape index (κ3) is 3.08. The van der Waals surface area contributed by atoms with Crippen LogP contribution in [0.25, 0.3) is 11.3 Å². The maximum absolute atomic E-state index is 13.4. The van der Waals surface area contributed by atoms with Gasteiger partial charge in [-0.25, -0.2) is 14.4 Å². The number of ether oxygens (including phenoxy) is 1. The maximum atomic E-state index is 13.4. The number of nitrogens with zero attached hydrogens (tertiary/aromatic N) is 3. The molecule has 2 N–H and O–H groups in total. The van der Waals surface area contributed by atoms with E-state index in [2.05, 4.69) is 24.8 Å². The van der Waals surface area contributed by atoms with Crippen LogP contribution in [0.5, 0.6) is 0 Å². The van der Waals surface area contributed by atoms with Crippen molar-refractivity contribution < 1.29 is 9.13 Å². The molecule has 0 aliphatic carbocycles. The van der Waals surface area contributed by atoms with Crippen molar-refractivity contribution in [3.63, 3.8) is 0 Å². The van der Waals surface area contributed by atoms with Crippen molar-refractivity contribution >= 4 is 0 Å². The van der Waals surface area contributed by atoms with Gasteiger partial charge in [0.2, 0.25) is 0 Å². The second kappa shape index (κ2) is 6.54. The van der Waals surface area contributed by atoms with Gasteiger partial charge in [-0.2, -0.15) is 0 Å². The highest BCUT2D eigenvalue weighted by Crippen LogP contribution is 2.26. The standard InChI is InChI=1S/C17H18FN5O/c18-13-3-1-2-12(6-13)15-8-20-17(22-15)16-10-24-5-4-23(16)9-14-7-19-11-21-14/h1-3,6-8,11,16H,4-5,9-10H2,(H,19,21)(H,20,22)/t16-/m0/s1. The van der Waals surface area contributed by atoms with Crippen LogP contribution in [0.15, 0.2) is 43.0 Å². The molecule has 0 unspecified atom stereocenters. The number of aromatic nitrogens is 4. The van der Waals surface area contributed by atoms with E-state index in [1.165, 1.54) is 12.1 Å². The molecular formula is C17H18FN5O. The number of imidazole rings is 2. The van der Waals surface area contributed by atoms with Gasteiger partial charge in [0.25, 0.3) is 0 Å². The Kier molecular flexibility index (Phi) is 4.10. The fraction of sp³-hybridized carbons (Fsp3) is 0.294. The highest BCUT2D eigenvalue weighted by molar-refractivity contribution is 5.58. The Morgan fingerprint density at radius 1 is 1.33 bits per heavy atom. The van der Waals surface area contributed by atoms with Crippen LogP contribution in [0.2, 0.25) is 0 Å². The molecule has 4 rings (SSSR count). The third-order valence-electron chi connectivity index (χ3n) is 4.21. The van der Waals surface area contributed by atoms with Crippen molar-refractivity contribution in [3.05, 3.63) is 60.3 Å². The molecule has 6 nitrogen and oxygen atoms in total. The zero-order valence-electron chi connectivity index (χ0n) is 13.1. The van der Waals surface area contributed by atoms with E-state index in [-0.39, 0.29) is 11.9 Å². The van der Waals surface area contributed by atoms with Crippen LogP contribution in [0.4, 0.5) is 4.39 Å². The molecule has 7 heteroatoms. The molecule has 0 spiro atoms. The fourth-order valence-corrected chi connectivity index (χ4v) is 2.98. The Balaban J connectivity index is 1.57. The lowest BCUT2D eigenvalue weighted by atomic mass is 10.1. The zero-order valence-corrected chi connectivity index (χ0v) is 13.1. The minimum atomic E-state index is -0.259. The predicted octanol–water partition coefficient (Wildman–Crippen LogP) is 2.51. The lowest BCUT2D eigenvalue weighted by Gasteiger charge is -2.33. The highest BCUT2D eigenvalue weighted by Gasteiger charge is 2.27. The molecule has 3 heterocycles. The van der Waals surface area contributed by atoms with Gasteiger partial charge in [0, 0.05) is 30.5 Å². The summed E-state index contributed by atoms with van der Waals surface area (Å²) >= 11 is 0. The first kappa shape index (κ1) is 15.0. The van der Waals surface area contributed by atoms with Crippen molar-refractivity contribution in [2.45, 2.75) is 12.6 Å². The molecule has 0 amide bonds. The third-order valence-corrected chi connectivity index (χ3v) is 4.21. The molecule has 0 bridgehead atoms. The highest BCUT2D eigenvalue weighted by atomic mass is 19.1. The summed E-state index contributed by atoms with van der Waals surface area (Å²) in [6, 6.07) is 6.52. The number of aromatic amines is 2. The van der Waals surface area contributed by atoms with Crippen molar-refractivity contribution in [1.82, 2.24) is 24.8 Å². The normalized spacial score (nSPS) is 18.8. The van der Waals surface area contributed by atoms with E-state index in [1.54, 1.807) is 18.6 Å². The molecule has 1 aliphatic rings. The topological polar surface area (TPSA) is 69.8 Å². The lowest BCUT2D eigenvalue weighted by molar-refractivity contribution is -0.0161. The van der Waals surface area contributed by atoms with Crippen LogP contribution >= 0.6 is 0 Å². The summed E-state index contributed by atoms with van der Waals surface area (Å²) in [6.07, 6.45) is 5.25. The van der Waals surface area contributed by atoms with E-state index < -0.39 is 0 Å². The monoisotopic (exact) mass is 327 g/mol. The summed E-state index contributed by atoms with van der Waals surface area (Å²) in [5.74, 6) is 0.569. The SMILES string of the molecule is Fc1cccc(-c2cnc([C@@H]3COCCN3Cc3cnc[nH]3)[nH]2)c1. The summed E-state index contributed by atoms with van der Waals surface area (Å²) in [5.41, 5.74) is 2.64. The summed E-state index contributed by atoms with van der Waals surface area (Å²) in [6.45, 7) is 2.84. The van der Waals surface area contributed by atoms with Crippen LogP contribution in [0.1, 0.15) is 17.6 Å². The van der Waals surface area contributed by atoms with E-state index >= 15 is 0 Å². The van der Waals surface area contributed by atoms with Crippen molar-refractivity contribution in [2.75, 3.05) is 19.8 Å². The first-order valence-corrected chi connectivity index (χ1v) is 7.89. The number of hydrogen-bond donors (Lipinski definition) is 2. The average molecular weight is 327 g/mol. The summed E-state index contributed by atoms with van der Waals surface area (Å²) in [7, 11) is 0. The van der Waals surface area contributed by atoms with E-state index in [9.17, 15) is 4.39 Å². The van der Waals surface area contributed by atoms with Crippen LogP contribution in [0, 0.1) is 5.82 Å². The lowest BCUT2D eigenvalue weighted by Crippen LogP contribution is -2.39. The van der Waals surface area contributed by atoms with Crippen molar-refractivity contribution in [3.8, 4) is 11.3 Å². The van der Waals surface area contributed by atoms with Gasteiger partial charge >= 0.3 is 0 Å². The quantitative estimate of drug-likeness (QED) is 0.772. The molecule has 1 aromatic carbocycles. The molecule has 2 aromatic heterocycles. The van der Waals surface area contributed by atoms with E-state index in [4.69, 9.17) is 4.74 Å². The van der Waals surface area contributed by atoms with Crippen LogP contribution in [-0.2, 0) is 11.3 Å². The number of morpholine rings is 1. The second-order valence-electron chi connectivity index (χ2n) is 5.83. The Labute approximate surface area is 138 Å². The van der Waals surface area contributed by atoms with Crippen molar-refractivity contribution in [2.24, 2.45) is 0 Å². The van der Waals surface area contributed by atoms with Crippen LogP contribution < -0.4 is 0 Å². The fourth-order valence-electron chi connectivity index (χ4n) is 2.98. The molecule has 24 heavy (non-hydrogen) atoms. The van der Waals surface area contributed by atoms with Crippen molar-refractivity contribution in [1.29, 1.82) is 0 Å². The maximum Gasteiger partial charge on any atom is 0.126 e. The first-order chi connectivity index (χ1) is 11.8. The molecule has 0 saturated carbocycles. The smallest absolute Gasteiger partial charge is 0.126 e. The van der Waals surface area contributed by atoms with Crippen LogP contribution in [0.3, 0.4) is 0 Å². The molecule has 1 atom stereocenters. The van der Waals surface area contributed by atoms with E-state index in [0.717, 1.165) is 35.9 Å².